The first-order valence-corrected chi connectivity index (χ1v) is 8.26. The van der Waals surface area contributed by atoms with E-state index in [-0.39, 0.29) is 18.5 Å². The molecule has 0 unspecified atom stereocenters. The molecule has 0 aliphatic rings. The third-order valence-corrected chi connectivity index (χ3v) is 3.73. The van der Waals surface area contributed by atoms with E-state index in [4.69, 9.17) is 11.6 Å². The summed E-state index contributed by atoms with van der Waals surface area (Å²) in [6.45, 7) is 0.773. The number of benzene rings is 1. The third kappa shape index (κ3) is 6.08. The number of halogens is 1. The van der Waals surface area contributed by atoms with Gasteiger partial charge in [0, 0.05) is 37.4 Å². The number of carbonyl (C=O) groups excluding carboxylic acids is 2. The summed E-state index contributed by atoms with van der Waals surface area (Å²) in [5.74, 6) is -0.176. The van der Waals surface area contributed by atoms with Gasteiger partial charge in [-0.3, -0.25) is 9.78 Å². The van der Waals surface area contributed by atoms with Crippen molar-refractivity contribution in [3.05, 3.63) is 64.4 Å². The highest BCUT2D eigenvalue weighted by Gasteiger charge is 2.08. The molecule has 0 saturated carbocycles. The van der Waals surface area contributed by atoms with E-state index >= 15 is 0 Å². The molecule has 0 aliphatic carbocycles. The lowest BCUT2D eigenvalue weighted by atomic mass is 10.1. The number of carbonyl (C=O) groups is 2. The topological polar surface area (TPSA) is 74.3 Å². The molecular formula is C18H21ClN4O2. The summed E-state index contributed by atoms with van der Waals surface area (Å²) in [5, 5.41) is 6.27. The van der Waals surface area contributed by atoms with Crippen LogP contribution in [0.3, 0.4) is 0 Å². The fourth-order valence-corrected chi connectivity index (χ4v) is 2.37. The standard InChI is InChI=1S/C18H21ClN4O2/c1-23(2)18(25)22-12-16-11-14(7-9-20-16)17(24)21-8-6-13-4-3-5-15(19)10-13/h3-5,7,9-11H,6,8,12H2,1-2H3,(H,21,24)(H,22,25). The van der Waals surface area contributed by atoms with Crippen molar-refractivity contribution in [1.82, 2.24) is 20.5 Å². The smallest absolute Gasteiger partial charge is 0.317 e. The van der Waals surface area contributed by atoms with Crippen LogP contribution in [-0.4, -0.2) is 42.5 Å². The molecule has 1 heterocycles. The Bertz CT molecular complexity index is 749. The summed E-state index contributed by atoms with van der Waals surface area (Å²) in [6.07, 6.45) is 2.26. The van der Waals surface area contributed by atoms with E-state index in [0.29, 0.717) is 29.2 Å². The zero-order valence-corrected chi connectivity index (χ0v) is 15.0. The molecule has 2 rings (SSSR count). The first-order chi connectivity index (χ1) is 12.0. The van der Waals surface area contributed by atoms with Gasteiger partial charge in [0.2, 0.25) is 0 Å². The van der Waals surface area contributed by atoms with Gasteiger partial charge in [-0.05, 0) is 36.2 Å². The summed E-state index contributed by atoms with van der Waals surface area (Å²) in [4.78, 5) is 29.4. The van der Waals surface area contributed by atoms with Gasteiger partial charge in [-0.15, -0.1) is 0 Å². The Morgan fingerprint density at radius 3 is 2.68 bits per heavy atom. The van der Waals surface area contributed by atoms with Crippen molar-refractivity contribution in [2.75, 3.05) is 20.6 Å². The average molecular weight is 361 g/mol. The number of nitrogens with one attached hydrogen (secondary N) is 2. The number of pyridine rings is 1. The number of rotatable bonds is 6. The monoisotopic (exact) mass is 360 g/mol. The van der Waals surface area contributed by atoms with E-state index in [2.05, 4.69) is 15.6 Å². The van der Waals surface area contributed by atoms with Crippen LogP contribution in [0, 0.1) is 0 Å². The van der Waals surface area contributed by atoms with E-state index < -0.39 is 0 Å². The molecular weight excluding hydrogens is 340 g/mol. The quantitative estimate of drug-likeness (QED) is 0.831. The fourth-order valence-electron chi connectivity index (χ4n) is 2.16. The molecule has 0 aliphatic heterocycles. The van der Waals surface area contributed by atoms with Crippen molar-refractivity contribution in [2.24, 2.45) is 0 Å². The Morgan fingerprint density at radius 2 is 1.96 bits per heavy atom. The lowest BCUT2D eigenvalue weighted by Gasteiger charge is -2.12. The third-order valence-electron chi connectivity index (χ3n) is 3.49. The Morgan fingerprint density at radius 1 is 1.16 bits per heavy atom. The van der Waals surface area contributed by atoms with E-state index in [1.54, 1.807) is 32.4 Å². The number of nitrogens with zero attached hydrogens (tertiary/aromatic N) is 2. The molecule has 7 heteroatoms. The molecule has 0 atom stereocenters. The second kappa shape index (κ2) is 9.03. The summed E-state index contributed by atoms with van der Waals surface area (Å²) in [5.41, 5.74) is 2.20. The van der Waals surface area contributed by atoms with Gasteiger partial charge >= 0.3 is 6.03 Å². The van der Waals surface area contributed by atoms with Gasteiger partial charge in [0.05, 0.1) is 12.2 Å². The highest BCUT2D eigenvalue weighted by atomic mass is 35.5. The molecule has 2 N–H and O–H groups in total. The van der Waals surface area contributed by atoms with Crippen LogP contribution in [0.25, 0.3) is 0 Å². The molecule has 0 spiro atoms. The average Bonchev–Trinajstić information content (AvgIpc) is 2.59. The van der Waals surface area contributed by atoms with Crippen LogP contribution in [-0.2, 0) is 13.0 Å². The van der Waals surface area contributed by atoms with Gasteiger partial charge in [-0.1, -0.05) is 23.7 Å². The van der Waals surface area contributed by atoms with Crippen molar-refractivity contribution in [3.8, 4) is 0 Å². The second-order valence-corrected chi connectivity index (χ2v) is 6.16. The van der Waals surface area contributed by atoms with Gasteiger partial charge in [0.1, 0.15) is 0 Å². The zero-order valence-electron chi connectivity index (χ0n) is 14.3. The zero-order chi connectivity index (χ0) is 18.2. The minimum atomic E-state index is -0.210. The normalized spacial score (nSPS) is 10.2. The summed E-state index contributed by atoms with van der Waals surface area (Å²) in [7, 11) is 3.32. The van der Waals surface area contributed by atoms with Gasteiger partial charge < -0.3 is 15.5 Å². The fraction of sp³-hybridized carbons (Fsp3) is 0.278. The van der Waals surface area contributed by atoms with E-state index in [9.17, 15) is 9.59 Å². The predicted molar refractivity (Wildman–Crippen MR) is 97.6 cm³/mol. The summed E-state index contributed by atoms with van der Waals surface area (Å²) in [6, 6.07) is 10.7. The molecule has 0 bridgehead atoms. The lowest BCUT2D eigenvalue weighted by molar-refractivity contribution is 0.0954. The van der Waals surface area contributed by atoms with Crippen molar-refractivity contribution in [1.29, 1.82) is 0 Å². The van der Waals surface area contributed by atoms with Crippen LogP contribution >= 0.6 is 11.6 Å². The maximum absolute atomic E-state index is 12.2. The largest absolute Gasteiger partial charge is 0.352 e. The molecule has 0 saturated heterocycles. The minimum absolute atomic E-state index is 0.176. The Kier molecular flexibility index (Phi) is 6.77. The molecule has 2 aromatic rings. The molecule has 0 fully saturated rings. The van der Waals surface area contributed by atoms with Crippen molar-refractivity contribution >= 4 is 23.5 Å². The van der Waals surface area contributed by atoms with Crippen LogP contribution in [0.5, 0.6) is 0 Å². The van der Waals surface area contributed by atoms with Crippen molar-refractivity contribution in [3.63, 3.8) is 0 Å². The van der Waals surface area contributed by atoms with Gasteiger partial charge in [-0.2, -0.15) is 0 Å². The van der Waals surface area contributed by atoms with Gasteiger partial charge in [0.15, 0.2) is 0 Å². The molecule has 132 valence electrons. The number of hydrogen-bond acceptors (Lipinski definition) is 3. The van der Waals surface area contributed by atoms with Crippen molar-refractivity contribution < 1.29 is 9.59 Å². The maximum atomic E-state index is 12.2. The van der Waals surface area contributed by atoms with Crippen LogP contribution in [0.2, 0.25) is 5.02 Å². The predicted octanol–water partition coefficient (Wildman–Crippen LogP) is 2.48. The molecule has 25 heavy (non-hydrogen) atoms. The Hall–Kier alpha value is -2.60. The number of amides is 3. The Balaban J connectivity index is 1.86. The van der Waals surface area contributed by atoms with Crippen LogP contribution in [0.15, 0.2) is 42.6 Å². The van der Waals surface area contributed by atoms with E-state index in [0.717, 1.165) is 5.56 Å². The van der Waals surface area contributed by atoms with Gasteiger partial charge in [0.25, 0.3) is 5.91 Å². The second-order valence-electron chi connectivity index (χ2n) is 5.72. The number of hydrogen-bond donors (Lipinski definition) is 2. The van der Waals surface area contributed by atoms with Crippen LogP contribution < -0.4 is 10.6 Å². The first kappa shape index (κ1) is 18.7. The summed E-state index contributed by atoms with van der Waals surface area (Å²) < 4.78 is 0. The summed E-state index contributed by atoms with van der Waals surface area (Å²) >= 11 is 5.94. The van der Waals surface area contributed by atoms with Crippen molar-refractivity contribution in [2.45, 2.75) is 13.0 Å². The number of urea groups is 1. The van der Waals surface area contributed by atoms with E-state index in [1.165, 1.54) is 4.90 Å². The Labute approximate surface area is 152 Å². The first-order valence-electron chi connectivity index (χ1n) is 7.88. The lowest BCUT2D eigenvalue weighted by Crippen LogP contribution is -2.34. The molecule has 1 aromatic heterocycles. The van der Waals surface area contributed by atoms with Crippen LogP contribution in [0.4, 0.5) is 4.79 Å². The molecule has 6 nitrogen and oxygen atoms in total. The van der Waals surface area contributed by atoms with E-state index in [1.807, 2.05) is 24.3 Å². The SMILES string of the molecule is CN(C)C(=O)NCc1cc(C(=O)NCCc2cccc(Cl)c2)ccn1. The maximum Gasteiger partial charge on any atom is 0.317 e. The van der Waals surface area contributed by atoms with Gasteiger partial charge in [-0.25, -0.2) is 4.79 Å². The highest BCUT2D eigenvalue weighted by Crippen LogP contribution is 2.10. The molecule has 3 amide bonds. The minimum Gasteiger partial charge on any atom is -0.352 e. The molecule has 0 radical (unpaired) electrons. The molecule has 1 aromatic carbocycles. The van der Waals surface area contributed by atoms with Crippen LogP contribution in [0.1, 0.15) is 21.6 Å². The number of aromatic nitrogens is 1. The highest BCUT2D eigenvalue weighted by molar-refractivity contribution is 6.30.